The Morgan fingerprint density at radius 1 is 0.846 bits per heavy atom. The van der Waals surface area contributed by atoms with Crippen molar-refractivity contribution < 1.29 is 13.5 Å². The van der Waals surface area contributed by atoms with Gasteiger partial charge in [0.15, 0.2) is 16.7 Å². The van der Waals surface area contributed by atoms with Gasteiger partial charge in [-0.15, -0.1) is 0 Å². The second-order valence-electron chi connectivity index (χ2n) is 6.80. The summed E-state index contributed by atoms with van der Waals surface area (Å²) < 4.78 is 35.3. The summed E-state index contributed by atoms with van der Waals surface area (Å²) in [6.45, 7) is 1.96. The first-order valence-electron chi connectivity index (χ1n) is 8.94. The standard InChI is InChI=1S/C22H20F2OS/c1-14-6-8-15(9-7-14)17-10-11-18(22(24)21(17)23)19-12-13-20(26-19)25-16-4-2-3-5-16/h6-13,16H,2-5H2,1H3. The Labute approximate surface area is 156 Å². The molecule has 1 nitrogen and oxygen atoms in total. The normalized spacial score (nSPS) is 14.7. The Bertz CT molecular complexity index is 908. The summed E-state index contributed by atoms with van der Waals surface area (Å²) >= 11 is 1.37. The molecule has 1 saturated carbocycles. The monoisotopic (exact) mass is 370 g/mol. The molecule has 1 fully saturated rings. The number of thiophene rings is 1. The van der Waals surface area contributed by atoms with E-state index in [1.54, 1.807) is 18.2 Å². The zero-order valence-corrected chi connectivity index (χ0v) is 15.4. The highest BCUT2D eigenvalue weighted by Crippen LogP contribution is 2.38. The summed E-state index contributed by atoms with van der Waals surface area (Å²) in [5, 5.41) is 0.773. The number of ether oxygens (including phenoxy) is 1. The first-order chi connectivity index (χ1) is 12.6. The number of hydrogen-bond acceptors (Lipinski definition) is 2. The maximum Gasteiger partial charge on any atom is 0.174 e. The lowest BCUT2D eigenvalue weighted by molar-refractivity contribution is 0.217. The average molecular weight is 370 g/mol. The quantitative estimate of drug-likeness (QED) is 0.481. The average Bonchev–Trinajstić information content (AvgIpc) is 3.31. The molecule has 1 aliphatic carbocycles. The molecule has 3 aromatic rings. The topological polar surface area (TPSA) is 9.23 Å². The van der Waals surface area contributed by atoms with Crippen molar-refractivity contribution in [3.8, 4) is 26.6 Å². The molecule has 0 saturated heterocycles. The van der Waals surface area contributed by atoms with Crippen LogP contribution in [0.25, 0.3) is 21.6 Å². The molecular weight excluding hydrogens is 350 g/mol. The van der Waals surface area contributed by atoms with Crippen molar-refractivity contribution in [1.82, 2.24) is 0 Å². The molecule has 134 valence electrons. The summed E-state index contributed by atoms with van der Waals surface area (Å²) in [7, 11) is 0. The van der Waals surface area contributed by atoms with E-state index in [4.69, 9.17) is 4.74 Å². The molecule has 1 aromatic heterocycles. The van der Waals surface area contributed by atoms with E-state index in [1.807, 2.05) is 37.3 Å². The van der Waals surface area contributed by atoms with Crippen LogP contribution in [0.3, 0.4) is 0 Å². The van der Waals surface area contributed by atoms with Crippen LogP contribution < -0.4 is 4.74 Å². The number of benzene rings is 2. The van der Waals surface area contributed by atoms with Crippen LogP contribution in [0.4, 0.5) is 8.78 Å². The minimum atomic E-state index is -0.808. The van der Waals surface area contributed by atoms with Crippen LogP contribution in [0.2, 0.25) is 0 Å². The molecule has 0 aliphatic heterocycles. The summed E-state index contributed by atoms with van der Waals surface area (Å²) in [5.74, 6) is -1.62. The third-order valence-electron chi connectivity index (χ3n) is 4.88. The zero-order valence-electron chi connectivity index (χ0n) is 14.6. The van der Waals surface area contributed by atoms with Crippen molar-refractivity contribution in [2.75, 3.05) is 0 Å². The Hall–Kier alpha value is -2.20. The van der Waals surface area contributed by atoms with Gasteiger partial charge in [-0.1, -0.05) is 47.2 Å². The Morgan fingerprint density at radius 3 is 2.23 bits per heavy atom. The molecule has 0 atom stereocenters. The Kier molecular flexibility index (Phi) is 4.77. The van der Waals surface area contributed by atoms with Gasteiger partial charge in [-0.2, -0.15) is 0 Å². The lowest BCUT2D eigenvalue weighted by Gasteiger charge is -2.10. The first-order valence-corrected chi connectivity index (χ1v) is 9.75. The molecule has 26 heavy (non-hydrogen) atoms. The maximum absolute atomic E-state index is 14.7. The van der Waals surface area contributed by atoms with Gasteiger partial charge in [0.2, 0.25) is 0 Å². The van der Waals surface area contributed by atoms with Crippen LogP contribution in [0.15, 0.2) is 48.5 Å². The van der Waals surface area contributed by atoms with Gasteiger partial charge in [-0.3, -0.25) is 0 Å². The fourth-order valence-electron chi connectivity index (χ4n) is 3.39. The fourth-order valence-corrected chi connectivity index (χ4v) is 4.34. The summed E-state index contributed by atoms with van der Waals surface area (Å²) in [6.07, 6.45) is 4.79. The second kappa shape index (κ2) is 7.20. The van der Waals surface area contributed by atoms with Gasteiger partial charge in [-0.05, 0) is 56.4 Å². The number of rotatable bonds is 4. The largest absolute Gasteiger partial charge is 0.481 e. The number of aryl methyl sites for hydroxylation is 1. The maximum atomic E-state index is 14.7. The van der Waals surface area contributed by atoms with Gasteiger partial charge in [-0.25, -0.2) is 8.78 Å². The molecule has 0 N–H and O–H groups in total. The molecule has 0 radical (unpaired) electrons. The van der Waals surface area contributed by atoms with Crippen LogP contribution >= 0.6 is 11.3 Å². The van der Waals surface area contributed by atoms with Crippen molar-refractivity contribution in [2.24, 2.45) is 0 Å². The predicted octanol–water partition coefficient (Wildman–Crippen LogP) is 6.99. The SMILES string of the molecule is Cc1ccc(-c2ccc(-c3ccc(OC4CCCC4)s3)c(F)c2F)cc1. The molecule has 0 unspecified atom stereocenters. The predicted molar refractivity (Wildman–Crippen MR) is 103 cm³/mol. The Morgan fingerprint density at radius 2 is 1.50 bits per heavy atom. The highest BCUT2D eigenvalue weighted by molar-refractivity contribution is 7.17. The van der Waals surface area contributed by atoms with E-state index >= 15 is 0 Å². The molecule has 2 aromatic carbocycles. The van der Waals surface area contributed by atoms with E-state index in [0.29, 0.717) is 10.4 Å². The van der Waals surface area contributed by atoms with Crippen molar-refractivity contribution in [3.05, 3.63) is 65.7 Å². The van der Waals surface area contributed by atoms with Gasteiger partial charge in [0, 0.05) is 16.0 Å². The second-order valence-corrected chi connectivity index (χ2v) is 7.84. The third-order valence-corrected chi connectivity index (χ3v) is 5.89. The van der Waals surface area contributed by atoms with Gasteiger partial charge in [0.1, 0.15) is 0 Å². The van der Waals surface area contributed by atoms with Crippen LogP contribution in [-0.2, 0) is 0 Å². The summed E-state index contributed by atoms with van der Waals surface area (Å²) in [4.78, 5) is 0.685. The number of halogens is 2. The van der Waals surface area contributed by atoms with E-state index < -0.39 is 11.6 Å². The Balaban J connectivity index is 1.62. The van der Waals surface area contributed by atoms with Gasteiger partial charge >= 0.3 is 0 Å². The highest BCUT2D eigenvalue weighted by atomic mass is 32.1. The van der Waals surface area contributed by atoms with Crippen LogP contribution in [-0.4, -0.2) is 6.10 Å². The van der Waals surface area contributed by atoms with Gasteiger partial charge in [0.05, 0.1) is 6.10 Å². The lowest BCUT2D eigenvalue weighted by atomic mass is 10.0. The summed E-state index contributed by atoms with van der Waals surface area (Å²) in [6, 6.07) is 14.4. The molecule has 1 heterocycles. The minimum absolute atomic E-state index is 0.256. The van der Waals surface area contributed by atoms with Gasteiger partial charge < -0.3 is 4.74 Å². The van der Waals surface area contributed by atoms with Crippen molar-refractivity contribution >= 4 is 11.3 Å². The van der Waals surface area contributed by atoms with E-state index in [-0.39, 0.29) is 17.2 Å². The highest BCUT2D eigenvalue weighted by Gasteiger charge is 2.20. The smallest absolute Gasteiger partial charge is 0.174 e. The van der Waals surface area contributed by atoms with Gasteiger partial charge in [0.25, 0.3) is 0 Å². The van der Waals surface area contributed by atoms with Crippen molar-refractivity contribution in [3.63, 3.8) is 0 Å². The van der Waals surface area contributed by atoms with Crippen LogP contribution in [0.5, 0.6) is 5.06 Å². The molecule has 0 bridgehead atoms. The molecule has 4 rings (SSSR count). The molecule has 4 heteroatoms. The molecule has 0 amide bonds. The molecule has 0 spiro atoms. The fraction of sp³-hybridized carbons (Fsp3) is 0.273. The van der Waals surface area contributed by atoms with Crippen LogP contribution in [0, 0.1) is 18.6 Å². The lowest BCUT2D eigenvalue weighted by Crippen LogP contribution is -2.09. The van der Waals surface area contributed by atoms with Crippen LogP contribution in [0.1, 0.15) is 31.2 Å². The third kappa shape index (κ3) is 3.38. The molecular formula is C22H20F2OS. The van der Waals surface area contributed by atoms with E-state index in [9.17, 15) is 8.78 Å². The van der Waals surface area contributed by atoms with E-state index in [2.05, 4.69) is 0 Å². The summed E-state index contributed by atoms with van der Waals surface area (Å²) in [5.41, 5.74) is 2.32. The van der Waals surface area contributed by atoms with Crippen molar-refractivity contribution in [1.29, 1.82) is 0 Å². The van der Waals surface area contributed by atoms with Crippen molar-refractivity contribution in [2.45, 2.75) is 38.7 Å². The van der Waals surface area contributed by atoms with E-state index in [1.165, 1.54) is 24.2 Å². The first kappa shape index (κ1) is 17.2. The van der Waals surface area contributed by atoms with E-state index in [0.717, 1.165) is 23.5 Å². The minimum Gasteiger partial charge on any atom is -0.481 e. The zero-order chi connectivity index (χ0) is 18.1. The number of hydrogen-bond donors (Lipinski definition) is 0. The molecule has 1 aliphatic rings.